The van der Waals surface area contributed by atoms with Crippen LogP contribution in [0.3, 0.4) is 0 Å². The molecule has 0 spiro atoms. The second-order valence-corrected chi connectivity index (χ2v) is 8.33. The lowest BCUT2D eigenvalue weighted by Crippen LogP contribution is -2.25. The SMILES string of the molecule is N#CCSc1ccccc1NC(=O)COC(=O)c1cc2ccccc2nc1N1CCCC1. The minimum atomic E-state index is -0.576. The third-order valence-electron chi connectivity index (χ3n) is 5.12. The van der Waals surface area contributed by atoms with E-state index in [4.69, 9.17) is 15.0 Å². The van der Waals surface area contributed by atoms with Gasteiger partial charge in [0.25, 0.3) is 5.91 Å². The lowest BCUT2D eigenvalue weighted by molar-refractivity contribution is -0.119. The summed E-state index contributed by atoms with van der Waals surface area (Å²) in [5.41, 5.74) is 1.76. The van der Waals surface area contributed by atoms with Gasteiger partial charge in [0.1, 0.15) is 11.4 Å². The van der Waals surface area contributed by atoms with Crippen LogP contribution in [0.2, 0.25) is 0 Å². The largest absolute Gasteiger partial charge is 0.452 e. The summed E-state index contributed by atoms with van der Waals surface area (Å²) < 4.78 is 5.36. The van der Waals surface area contributed by atoms with Gasteiger partial charge in [0.05, 0.1) is 23.0 Å². The van der Waals surface area contributed by atoms with Crippen molar-refractivity contribution in [3.8, 4) is 6.07 Å². The monoisotopic (exact) mass is 446 g/mol. The van der Waals surface area contributed by atoms with Crippen LogP contribution in [0.15, 0.2) is 59.5 Å². The number of nitrogens with one attached hydrogen (secondary N) is 1. The molecule has 1 amide bonds. The molecule has 0 aliphatic carbocycles. The normalized spacial score (nSPS) is 13.0. The van der Waals surface area contributed by atoms with Gasteiger partial charge in [-0.1, -0.05) is 30.3 Å². The molecule has 1 aromatic heterocycles. The van der Waals surface area contributed by atoms with Gasteiger partial charge in [0.15, 0.2) is 6.61 Å². The minimum Gasteiger partial charge on any atom is -0.452 e. The highest BCUT2D eigenvalue weighted by atomic mass is 32.2. The Morgan fingerprint density at radius 3 is 2.69 bits per heavy atom. The number of nitriles is 1. The second kappa shape index (κ2) is 10.2. The molecule has 1 N–H and O–H groups in total. The molecule has 4 rings (SSSR count). The van der Waals surface area contributed by atoms with E-state index in [1.807, 2.05) is 36.4 Å². The number of rotatable bonds is 7. The van der Waals surface area contributed by atoms with Crippen LogP contribution in [0.25, 0.3) is 10.9 Å². The molecule has 0 radical (unpaired) electrons. The molecule has 162 valence electrons. The number of carbonyl (C=O) groups excluding carboxylic acids is 2. The summed E-state index contributed by atoms with van der Waals surface area (Å²) in [6.45, 7) is 1.26. The molecule has 0 unspecified atom stereocenters. The first kappa shape index (κ1) is 21.7. The van der Waals surface area contributed by atoms with Gasteiger partial charge in [-0.05, 0) is 37.1 Å². The van der Waals surface area contributed by atoms with Crippen molar-refractivity contribution in [1.29, 1.82) is 5.26 Å². The van der Waals surface area contributed by atoms with Gasteiger partial charge in [-0.3, -0.25) is 4.79 Å². The topological polar surface area (TPSA) is 95.3 Å². The van der Waals surface area contributed by atoms with Crippen LogP contribution in [0, 0.1) is 11.3 Å². The van der Waals surface area contributed by atoms with Gasteiger partial charge >= 0.3 is 5.97 Å². The maximum atomic E-state index is 12.9. The lowest BCUT2D eigenvalue weighted by Gasteiger charge is -2.20. The number of ether oxygens (including phenoxy) is 1. The Labute approximate surface area is 190 Å². The quantitative estimate of drug-likeness (QED) is 0.428. The average Bonchev–Trinajstić information content (AvgIpc) is 3.36. The number of hydrogen-bond donors (Lipinski definition) is 1. The van der Waals surface area contributed by atoms with Crippen molar-refractivity contribution < 1.29 is 14.3 Å². The molecule has 0 bridgehead atoms. The number of esters is 1. The van der Waals surface area contributed by atoms with E-state index in [1.54, 1.807) is 18.2 Å². The zero-order valence-corrected chi connectivity index (χ0v) is 18.2. The number of carbonyl (C=O) groups is 2. The number of para-hydroxylation sites is 2. The molecule has 2 aromatic carbocycles. The van der Waals surface area contributed by atoms with Gasteiger partial charge < -0.3 is 15.0 Å². The Kier molecular flexibility index (Phi) is 6.87. The fourth-order valence-corrected chi connectivity index (χ4v) is 4.30. The Hall–Kier alpha value is -3.57. The van der Waals surface area contributed by atoms with Crippen molar-refractivity contribution in [3.05, 3.63) is 60.2 Å². The highest BCUT2D eigenvalue weighted by molar-refractivity contribution is 7.99. The zero-order valence-electron chi connectivity index (χ0n) is 17.4. The van der Waals surface area contributed by atoms with Gasteiger partial charge in [0, 0.05) is 23.4 Å². The van der Waals surface area contributed by atoms with Crippen molar-refractivity contribution in [3.63, 3.8) is 0 Å². The Morgan fingerprint density at radius 2 is 1.88 bits per heavy atom. The summed E-state index contributed by atoms with van der Waals surface area (Å²) >= 11 is 1.33. The average molecular weight is 447 g/mol. The smallest absolute Gasteiger partial charge is 0.342 e. The highest BCUT2D eigenvalue weighted by Crippen LogP contribution is 2.28. The van der Waals surface area contributed by atoms with Crippen LogP contribution >= 0.6 is 11.8 Å². The number of pyridine rings is 1. The summed E-state index contributed by atoms with van der Waals surface area (Å²) in [6.07, 6.45) is 2.10. The third kappa shape index (κ3) is 5.01. The molecule has 1 aliphatic heterocycles. The molecule has 3 aromatic rings. The second-order valence-electron chi connectivity index (χ2n) is 7.31. The molecule has 1 saturated heterocycles. The lowest BCUT2D eigenvalue weighted by atomic mass is 10.1. The molecule has 32 heavy (non-hydrogen) atoms. The number of thioether (sulfide) groups is 1. The maximum absolute atomic E-state index is 12.9. The van der Waals surface area contributed by atoms with Gasteiger partial charge in [-0.2, -0.15) is 5.26 Å². The number of amides is 1. The van der Waals surface area contributed by atoms with Crippen LogP contribution in [0.5, 0.6) is 0 Å². The molecule has 2 heterocycles. The molecule has 0 saturated carbocycles. The summed E-state index contributed by atoms with van der Waals surface area (Å²) in [6, 6.07) is 18.7. The molecule has 8 heteroatoms. The van der Waals surface area contributed by atoms with Gasteiger partial charge in [0.2, 0.25) is 0 Å². The van der Waals surface area contributed by atoms with E-state index >= 15 is 0 Å². The Balaban J connectivity index is 1.48. The van der Waals surface area contributed by atoms with E-state index in [9.17, 15) is 9.59 Å². The number of benzene rings is 2. The van der Waals surface area contributed by atoms with Crippen molar-refractivity contribution >= 4 is 46.0 Å². The van der Waals surface area contributed by atoms with E-state index in [0.29, 0.717) is 17.1 Å². The molecule has 0 atom stereocenters. The number of aromatic nitrogens is 1. The van der Waals surface area contributed by atoms with E-state index in [0.717, 1.165) is 41.7 Å². The van der Waals surface area contributed by atoms with Crippen molar-refractivity contribution in [2.75, 3.05) is 35.7 Å². The van der Waals surface area contributed by atoms with Gasteiger partial charge in [-0.25, -0.2) is 9.78 Å². The fraction of sp³-hybridized carbons (Fsp3) is 0.250. The summed E-state index contributed by atoms with van der Waals surface area (Å²) in [5, 5.41) is 12.4. The van der Waals surface area contributed by atoms with E-state index in [-0.39, 0.29) is 5.75 Å². The Morgan fingerprint density at radius 1 is 1.12 bits per heavy atom. The van der Waals surface area contributed by atoms with Gasteiger partial charge in [-0.15, -0.1) is 11.8 Å². The molecule has 7 nitrogen and oxygen atoms in total. The molecule has 1 fully saturated rings. The highest BCUT2D eigenvalue weighted by Gasteiger charge is 2.23. The van der Waals surface area contributed by atoms with Crippen LogP contribution in [-0.2, 0) is 9.53 Å². The summed E-state index contributed by atoms with van der Waals surface area (Å²) in [5.74, 6) is -0.145. The van der Waals surface area contributed by atoms with Crippen LogP contribution in [-0.4, -0.2) is 42.3 Å². The first-order chi connectivity index (χ1) is 15.7. The minimum absolute atomic E-state index is 0.274. The van der Waals surface area contributed by atoms with E-state index in [1.165, 1.54) is 11.8 Å². The van der Waals surface area contributed by atoms with E-state index in [2.05, 4.69) is 16.3 Å². The first-order valence-corrected chi connectivity index (χ1v) is 11.3. The van der Waals surface area contributed by atoms with E-state index < -0.39 is 18.5 Å². The molecule has 1 aliphatic rings. The third-order valence-corrected chi connectivity index (χ3v) is 6.06. The van der Waals surface area contributed by atoms with Crippen LogP contribution in [0.4, 0.5) is 11.5 Å². The predicted octanol–water partition coefficient (Wildman–Crippen LogP) is 4.25. The molecular formula is C24H22N4O3S. The van der Waals surface area contributed by atoms with Crippen molar-refractivity contribution in [1.82, 2.24) is 4.98 Å². The maximum Gasteiger partial charge on any atom is 0.342 e. The molecular weight excluding hydrogens is 424 g/mol. The number of nitrogens with zero attached hydrogens (tertiary/aromatic N) is 3. The van der Waals surface area contributed by atoms with Crippen LogP contribution < -0.4 is 10.2 Å². The standard InChI is InChI=1S/C24H22N4O3S/c25-11-14-32-21-10-4-3-9-20(21)26-22(29)16-31-24(30)18-15-17-7-1-2-8-19(17)27-23(18)28-12-5-6-13-28/h1-4,7-10,15H,5-6,12-14,16H2,(H,26,29). The van der Waals surface area contributed by atoms with Crippen molar-refractivity contribution in [2.45, 2.75) is 17.7 Å². The predicted molar refractivity (Wildman–Crippen MR) is 125 cm³/mol. The fourth-order valence-electron chi connectivity index (χ4n) is 3.63. The number of anilines is 2. The number of fused-ring (bicyclic) bond motifs is 1. The van der Waals surface area contributed by atoms with Crippen LogP contribution in [0.1, 0.15) is 23.2 Å². The summed E-state index contributed by atoms with van der Waals surface area (Å²) in [7, 11) is 0. The first-order valence-electron chi connectivity index (χ1n) is 10.4. The Bertz CT molecular complexity index is 1190. The zero-order chi connectivity index (χ0) is 22.3. The number of hydrogen-bond acceptors (Lipinski definition) is 7. The van der Waals surface area contributed by atoms with Crippen molar-refractivity contribution in [2.24, 2.45) is 0 Å². The summed E-state index contributed by atoms with van der Waals surface area (Å²) in [4.78, 5) is 32.9.